The van der Waals surface area contributed by atoms with Crippen LogP contribution in [0.1, 0.15) is 59.3 Å². The summed E-state index contributed by atoms with van der Waals surface area (Å²) in [5.74, 6) is -0.738. The zero-order chi connectivity index (χ0) is 30.0. The highest BCUT2D eigenvalue weighted by Gasteiger charge is 2.21. The molecule has 226 valence electrons. The molecule has 2 unspecified atom stereocenters. The lowest BCUT2D eigenvalue weighted by atomic mass is 10.1. The molecule has 0 saturated heterocycles. The predicted molar refractivity (Wildman–Crippen MR) is 152 cm³/mol. The Kier molecular flexibility index (Phi) is 17.4. The van der Waals surface area contributed by atoms with Gasteiger partial charge in [-0.05, 0) is 56.9 Å². The van der Waals surface area contributed by atoms with Gasteiger partial charge in [0.15, 0.2) is 6.29 Å². The molecule has 0 aromatic carbocycles. The maximum absolute atomic E-state index is 12.2. The van der Waals surface area contributed by atoms with Gasteiger partial charge in [0.05, 0.1) is 17.6 Å². The number of aromatic nitrogens is 1. The summed E-state index contributed by atoms with van der Waals surface area (Å²) in [7, 11) is 4.36. The molecule has 0 spiro atoms. The van der Waals surface area contributed by atoms with Crippen molar-refractivity contribution in [1.82, 2.24) is 15.6 Å². The normalized spacial score (nSPS) is 12.8. The molecule has 0 fully saturated rings. The van der Waals surface area contributed by atoms with Crippen LogP contribution in [-0.2, 0) is 28.6 Å². The number of nitrogens with one attached hydrogen (secondary N) is 2. The number of hydrogen-bond donors (Lipinski definition) is 3. The second kappa shape index (κ2) is 19.6. The first-order valence-electron chi connectivity index (χ1n) is 12.9. The number of ether oxygens (including phenoxy) is 3. The van der Waals surface area contributed by atoms with E-state index in [9.17, 15) is 24.5 Å². The Bertz CT molecular complexity index is 935. The van der Waals surface area contributed by atoms with Crippen LogP contribution in [0.4, 0.5) is 5.69 Å². The number of carbonyl (C=O) groups excluding carboxylic acids is 3. The van der Waals surface area contributed by atoms with E-state index in [2.05, 4.69) is 15.6 Å². The Labute approximate surface area is 242 Å². The topological polar surface area (TPSA) is 179 Å². The van der Waals surface area contributed by atoms with Crippen LogP contribution in [-0.4, -0.2) is 83.4 Å². The van der Waals surface area contributed by atoms with E-state index in [0.29, 0.717) is 43.8 Å². The van der Waals surface area contributed by atoms with Crippen molar-refractivity contribution in [3.8, 4) is 0 Å². The van der Waals surface area contributed by atoms with Crippen molar-refractivity contribution in [3.63, 3.8) is 0 Å². The molecule has 13 nitrogen and oxygen atoms in total. The third kappa shape index (κ3) is 16.6. The lowest BCUT2D eigenvalue weighted by Gasteiger charge is -2.22. The van der Waals surface area contributed by atoms with Crippen LogP contribution < -0.4 is 10.6 Å². The summed E-state index contributed by atoms with van der Waals surface area (Å²) < 4.78 is 15.2. The minimum Gasteiger partial charge on any atom is -0.460 e. The molecule has 1 rings (SSSR count). The fourth-order valence-corrected chi connectivity index (χ4v) is 5.15. The summed E-state index contributed by atoms with van der Waals surface area (Å²) in [6.45, 7) is 6.24. The highest BCUT2D eigenvalue weighted by molar-refractivity contribution is 8.77. The summed E-state index contributed by atoms with van der Waals surface area (Å²) in [6.07, 6.45) is 2.13. The minimum atomic E-state index is -0.772. The molecule has 1 aromatic rings. The predicted octanol–water partition coefficient (Wildman–Crippen LogP) is 2.99. The molecule has 2 amide bonds. The number of pyridine rings is 1. The number of methoxy groups -OCH3 is 1. The zero-order valence-corrected chi connectivity index (χ0v) is 25.0. The van der Waals surface area contributed by atoms with E-state index in [0.717, 1.165) is 0 Å². The van der Waals surface area contributed by atoms with Gasteiger partial charge in [-0.1, -0.05) is 10.8 Å². The molecule has 0 bridgehead atoms. The molecule has 0 aliphatic carbocycles. The van der Waals surface area contributed by atoms with E-state index in [1.54, 1.807) is 23.8 Å². The highest BCUT2D eigenvalue weighted by atomic mass is 33.1. The SMILES string of the molecule is COC(COC(=O)CCCC(=O)NCCCNC(=O)CCC(C)(C)SSc1ccc([N+](=O)[O-])cn1)OC(C)CO. The van der Waals surface area contributed by atoms with Gasteiger partial charge in [-0.3, -0.25) is 24.5 Å². The lowest BCUT2D eigenvalue weighted by molar-refractivity contribution is -0.385. The van der Waals surface area contributed by atoms with Gasteiger partial charge in [-0.15, -0.1) is 0 Å². The first-order valence-corrected chi connectivity index (χ1v) is 15.0. The molecule has 1 heterocycles. The molecule has 40 heavy (non-hydrogen) atoms. The first-order chi connectivity index (χ1) is 19.0. The Morgan fingerprint density at radius 3 is 2.38 bits per heavy atom. The zero-order valence-electron chi connectivity index (χ0n) is 23.4. The number of aliphatic hydroxyl groups is 1. The van der Waals surface area contributed by atoms with Gasteiger partial charge in [-0.2, -0.15) is 0 Å². The van der Waals surface area contributed by atoms with Crippen LogP contribution in [0.15, 0.2) is 23.4 Å². The Hall–Kier alpha value is -2.46. The number of nitrogens with zero attached hydrogens (tertiary/aromatic N) is 2. The number of nitro groups is 1. The van der Waals surface area contributed by atoms with Gasteiger partial charge < -0.3 is 30.0 Å². The smallest absolute Gasteiger partial charge is 0.305 e. The summed E-state index contributed by atoms with van der Waals surface area (Å²) in [5.41, 5.74) is -0.0587. The summed E-state index contributed by atoms with van der Waals surface area (Å²) in [6, 6.07) is 3.01. The minimum absolute atomic E-state index is 0.0587. The molecule has 3 N–H and O–H groups in total. The van der Waals surface area contributed by atoms with E-state index >= 15 is 0 Å². The molecule has 0 aliphatic heterocycles. The number of esters is 1. The molecular formula is C25H40N4O9S2. The fraction of sp³-hybridized carbons (Fsp3) is 0.680. The molecule has 15 heteroatoms. The third-order valence-corrected chi connectivity index (χ3v) is 8.57. The second-order valence-electron chi connectivity index (χ2n) is 9.42. The summed E-state index contributed by atoms with van der Waals surface area (Å²) in [4.78, 5) is 50.3. The van der Waals surface area contributed by atoms with Crippen molar-refractivity contribution >= 4 is 45.1 Å². The maximum atomic E-state index is 12.2. The van der Waals surface area contributed by atoms with E-state index in [1.165, 1.54) is 30.2 Å². The first kappa shape index (κ1) is 35.6. The van der Waals surface area contributed by atoms with E-state index in [-0.39, 0.29) is 48.3 Å². The van der Waals surface area contributed by atoms with Crippen molar-refractivity contribution < 1.29 is 38.6 Å². The fourth-order valence-electron chi connectivity index (χ4n) is 2.95. The van der Waals surface area contributed by atoms with Gasteiger partial charge in [0.1, 0.15) is 17.8 Å². The van der Waals surface area contributed by atoms with Gasteiger partial charge in [0.25, 0.3) is 5.69 Å². The molecule has 0 aliphatic rings. The average Bonchev–Trinajstić information content (AvgIpc) is 2.93. The van der Waals surface area contributed by atoms with Crippen molar-refractivity contribution in [3.05, 3.63) is 28.4 Å². The van der Waals surface area contributed by atoms with Gasteiger partial charge in [0, 0.05) is 50.3 Å². The lowest BCUT2D eigenvalue weighted by Crippen LogP contribution is -2.30. The van der Waals surface area contributed by atoms with Gasteiger partial charge >= 0.3 is 5.97 Å². The van der Waals surface area contributed by atoms with Crippen molar-refractivity contribution in [1.29, 1.82) is 0 Å². The van der Waals surface area contributed by atoms with Crippen LogP contribution in [0.3, 0.4) is 0 Å². The Morgan fingerprint density at radius 1 is 1.12 bits per heavy atom. The summed E-state index contributed by atoms with van der Waals surface area (Å²) in [5, 5.41) is 26.0. The van der Waals surface area contributed by atoms with Gasteiger partial charge in [0.2, 0.25) is 11.8 Å². The van der Waals surface area contributed by atoms with Crippen LogP contribution in [0.25, 0.3) is 0 Å². The molecule has 0 saturated carbocycles. The number of hydrogen-bond acceptors (Lipinski definition) is 12. The highest BCUT2D eigenvalue weighted by Crippen LogP contribution is 2.42. The largest absolute Gasteiger partial charge is 0.460 e. The number of rotatable bonds is 21. The molecule has 0 radical (unpaired) electrons. The van der Waals surface area contributed by atoms with Crippen LogP contribution >= 0.6 is 21.6 Å². The number of carbonyl (C=O) groups is 3. The van der Waals surface area contributed by atoms with Crippen LogP contribution in [0.2, 0.25) is 0 Å². The quantitative estimate of drug-likeness (QED) is 0.0467. The van der Waals surface area contributed by atoms with E-state index in [1.807, 2.05) is 13.8 Å². The standard InChI is InChI=1S/C25H40N4O9S2/c1-18(16-30)38-24(36-4)17-37-23(33)8-5-7-20(31)26-13-6-14-27-21(32)11-12-25(2,3)40-39-22-10-9-19(15-28-22)29(34)35/h9-10,15,18,24,30H,5-8,11-14,16-17H2,1-4H3,(H,26,31)(H,27,32). The van der Waals surface area contributed by atoms with Crippen molar-refractivity contribution in [2.45, 2.75) is 81.5 Å². The molecular weight excluding hydrogens is 564 g/mol. The molecule has 2 atom stereocenters. The molecule has 1 aromatic heterocycles. The number of aliphatic hydroxyl groups excluding tert-OH is 1. The number of amides is 2. The van der Waals surface area contributed by atoms with Crippen LogP contribution in [0.5, 0.6) is 0 Å². The maximum Gasteiger partial charge on any atom is 0.305 e. The monoisotopic (exact) mass is 604 g/mol. The van der Waals surface area contributed by atoms with Crippen LogP contribution in [0, 0.1) is 10.1 Å². The second-order valence-corrected chi connectivity index (χ2v) is 12.3. The van der Waals surface area contributed by atoms with E-state index < -0.39 is 23.3 Å². The Morgan fingerprint density at radius 2 is 1.80 bits per heavy atom. The average molecular weight is 605 g/mol. The van der Waals surface area contributed by atoms with Gasteiger partial charge in [-0.25, -0.2) is 4.98 Å². The van der Waals surface area contributed by atoms with E-state index in [4.69, 9.17) is 19.3 Å². The van der Waals surface area contributed by atoms with Crippen molar-refractivity contribution in [2.75, 3.05) is 33.4 Å². The third-order valence-electron chi connectivity index (χ3n) is 5.31. The van der Waals surface area contributed by atoms with Crippen molar-refractivity contribution in [2.24, 2.45) is 0 Å². The summed E-state index contributed by atoms with van der Waals surface area (Å²) >= 11 is 0. The Balaban J connectivity index is 2.11.